The minimum Gasteiger partial charge on any atom is -0.456 e. The molecule has 0 radical (unpaired) electrons. The van der Waals surface area contributed by atoms with Crippen LogP contribution in [0.25, 0.3) is 54.7 Å². The highest BCUT2D eigenvalue weighted by molar-refractivity contribution is 6.16. The summed E-state index contributed by atoms with van der Waals surface area (Å²) in [6, 6.07) is 19.9. The summed E-state index contributed by atoms with van der Waals surface area (Å²) >= 11 is 0. The van der Waals surface area contributed by atoms with Gasteiger partial charge in [0.1, 0.15) is 29.7 Å². The standard InChI is InChI=1S/C37H38NO2/c1-21-29-26-11-9-10-12-28(26)39-34(29)27(20-37(5,6)7)35-30(21)32-31-23(15-16-38(32)8)18-24-17-22(19-36(2,3)4)13-14-25(24)33(31)40-35/h9-18H,19-20H2,1-8H3/q+1. The Balaban J connectivity index is 1.61. The number of fused-ring (bicyclic) bond motifs is 7. The lowest BCUT2D eigenvalue weighted by Gasteiger charge is -2.27. The van der Waals surface area contributed by atoms with Crippen molar-refractivity contribution in [3.05, 3.63) is 77.5 Å². The third-order valence-corrected chi connectivity index (χ3v) is 8.26. The maximum absolute atomic E-state index is 7.15. The van der Waals surface area contributed by atoms with Crippen LogP contribution in [-0.2, 0) is 19.9 Å². The zero-order chi connectivity index (χ0) is 28.1. The Hall–Kier alpha value is -3.85. The first kappa shape index (κ1) is 25.1. The van der Waals surface area contributed by atoms with Crippen LogP contribution in [0.3, 0.4) is 0 Å². The molecule has 2 aromatic heterocycles. The largest absolute Gasteiger partial charge is 0.456 e. The van der Waals surface area contributed by atoms with E-state index in [4.69, 9.17) is 9.15 Å². The van der Waals surface area contributed by atoms with Crippen LogP contribution in [0.2, 0.25) is 0 Å². The number of aryl methyl sites for hydroxylation is 2. The summed E-state index contributed by atoms with van der Waals surface area (Å²) < 4.78 is 16.1. The molecule has 0 bridgehead atoms. The van der Waals surface area contributed by atoms with Crippen LogP contribution < -0.4 is 9.30 Å². The Morgan fingerprint density at radius 1 is 0.750 bits per heavy atom. The van der Waals surface area contributed by atoms with Crippen LogP contribution in [-0.4, -0.2) is 0 Å². The number of hydrogen-bond donors (Lipinski definition) is 0. The third-order valence-electron chi connectivity index (χ3n) is 8.26. The van der Waals surface area contributed by atoms with E-state index in [-0.39, 0.29) is 10.8 Å². The summed E-state index contributed by atoms with van der Waals surface area (Å²) in [5.41, 5.74) is 8.29. The summed E-state index contributed by atoms with van der Waals surface area (Å²) in [6.07, 6.45) is 4.08. The van der Waals surface area contributed by atoms with Gasteiger partial charge in [-0.3, -0.25) is 0 Å². The number of nitrogens with zero attached hydrogens (tertiary/aromatic N) is 1. The molecule has 0 N–H and O–H groups in total. The van der Waals surface area contributed by atoms with Gasteiger partial charge in [-0.2, -0.15) is 0 Å². The number of rotatable bonds is 2. The van der Waals surface area contributed by atoms with Gasteiger partial charge in [0.15, 0.2) is 6.20 Å². The molecule has 1 aliphatic heterocycles. The topological polar surface area (TPSA) is 26.2 Å². The van der Waals surface area contributed by atoms with Crippen LogP contribution in [0.1, 0.15) is 58.2 Å². The SMILES string of the molecule is Cc1c2c(c(CC(C)(C)C)c3oc4ccccc4c13)Oc1c3ccc(CC(C)(C)C)cc3cc3cc[n+](C)c-2c13. The Bertz CT molecular complexity index is 2010. The maximum atomic E-state index is 7.15. The molecular weight excluding hydrogens is 490 g/mol. The van der Waals surface area contributed by atoms with E-state index < -0.39 is 0 Å². The molecule has 0 fully saturated rings. The maximum Gasteiger partial charge on any atom is 0.228 e. The van der Waals surface area contributed by atoms with Crippen molar-refractivity contribution in [1.82, 2.24) is 0 Å². The molecule has 0 saturated heterocycles. The first-order valence-corrected chi connectivity index (χ1v) is 14.4. The van der Waals surface area contributed by atoms with Gasteiger partial charge in [-0.05, 0) is 64.6 Å². The van der Waals surface area contributed by atoms with Crippen LogP contribution >= 0.6 is 0 Å². The first-order valence-electron chi connectivity index (χ1n) is 14.4. The number of benzene rings is 4. The summed E-state index contributed by atoms with van der Waals surface area (Å²) in [7, 11) is 2.16. The van der Waals surface area contributed by atoms with Crippen LogP contribution in [0.5, 0.6) is 11.5 Å². The summed E-state index contributed by atoms with van der Waals surface area (Å²) in [4.78, 5) is 0. The van der Waals surface area contributed by atoms with Gasteiger partial charge in [0.2, 0.25) is 5.69 Å². The fraction of sp³-hybridized carbons (Fsp3) is 0.324. The number of aromatic nitrogens is 1. The molecule has 0 spiro atoms. The lowest BCUT2D eigenvalue weighted by molar-refractivity contribution is -0.659. The van der Waals surface area contributed by atoms with Crippen LogP contribution in [0, 0.1) is 17.8 Å². The highest BCUT2D eigenvalue weighted by Gasteiger charge is 2.36. The zero-order valence-corrected chi connectivity index (χ0v) is 25.0. The zero-order valence-electron chi connectivity index (χ0n) is 25.0. The van der Waals surface area contributed by atoms with Gasteiger partial charge in [-0.25, -0.2) is 4.57 Å². The normalized spacial score (nSPS) is 13.4. The Labute approximate surface area is 236 Å². The molecule has 0 saturated carbocycles. The highest BCUT2D eigenvalue weighted by atomic mass is 16.5. The van der Waals surface area contributed by atoms with Gasteiger partial charge in [-0.15, -0.1) is 0 Å². The minimum absolute atomic E-state index is 0.0490. The number of furan rings is 1. The number of para-hydroxylation sites is 1. The average Bonchev–Trinajstić information content (AvgIpc) is 3.26. The molecule has 0 atom stereocenters. The van der Waals surface area contributed by atoms with Crippen molar-refractivity contribution in [1.29, 1.82) is 0 Å². The molecule has 202 valence electrons. The predicted molar refractivity (Wildman–Crippen MR) is 166 cm³/mol. The summed E-state index contributed by atoms with van der Waals surface area (Å²) in [5, 5.41) is 7.15. The molecule has 4 aromatic carbocycles. The van der Waals surface area contributed by atoms with E-state index in [9.17, 15) is 0 Å². The van der Waals surface area contributed by atoms with Gasteiger partial charge in [-0.1, -0.05) is 77.9 Å². The second kappa shape index (κ2) is 8.33. The molecule has 1 aliphatic rings. The fourth-order valence-electron chi connectivity index (χ4n) is 6.76. The lowest BCUT2D eigenvalue weighted by atomic mass is 9.83. The Morgan fingerprint density at radius 2 is 1.50 bits per heavy atom. The molecule has 0 unspecified atom stereocenters. The molecule has 3 heterocycles. The van der Waals surface area contributed by atoms with E-state index in [1.54, 1.807) is 0 Å². The predicted octanol–water partition coefficient (Wildman–Crippen LogP) is 9.98. The first-order chi connectivity index (χ1) is 18.9. The molecule has 6 aromatic rings. The van der Waals surface area contributed by atoms with Gasteiger partial charge in [0.05, 0.1) is 10.9 Å². The monoisotopic (exact) mass is 528 g/mol. The smallest absolute Gasteiger partial charge is 0.228 e. The van der Waals surface area contributed by atoms with E-state index in [1.165, 1.54) is 49.3 Å². The van der Waals surface area contributed by atoms with E-state index in [2.05, 4.69) is 121 Å². The summed E-state index contributed by atoms with van der Waals surface area (Å²) in [6.45, 7) is 16.0. The van der Waals surface area contributed by atoms with Crippen molar-refractivity contribution in [3.8, 4) is 22.8 Å². The van der Waals surface area contributed by atoms with E-state index in [0.29, 0.717) is 0 Å². The number of ether oxygens (including phenoxy) is 1. The molecule has 0 amide bonds. The summed E-state index contributed by atoms with van der Waals surface area (Å²) in [5.74, 6) is 1.90. The second-order valence-corrected chi connectivity index (χ2v) is 14.2. The molecular formula is C37H38NO2+. The number of pyridine rings is 1. The number of hydrogen-bond acceptors (Lipinski definition) is 2. The third kappa shape index (κ3) is 3.82. The van der Waals surface area contributed by atoms with Gasteiger partial charge in [0, 0.05) is 27.8 Å². The highest BCUT2D eigenvalue weighted by Crippen LogP contribution is 2.54. The molecule has 3 nitrogen and oxygen atoms in total. The average molecular weight is 529 g/mol. The quantitative estimate of drug-likeness (QED) is 0.165. The minimum atomic E-state index is 0.0490. The van der Waals surface area contributed by atoms with Crippen molar-refractivity contribution in [2.75, 3.05) is 0 Å². The van der Waals surface area contributed by atoms with Crippen molar-refractivity contribution in [3.63, 3.8) is 0 Å². The van der Waals surface area contributed by atoms with Crippen molar-refractivity contribution in [2.24, 2.45) is 17.9 Å². The van der Waals surface area contributed by atoms with Gasteiger partial charge < -0.3 is 9.15 Å². The van der Waals surface area contributed by atoms with Crippen molar-refractivity contribution in [2.45, 2.75) is 61.3 Å². The van der Waals surface area contributed by atoms with Gasteiger partial charge in [0.25, 0.3) is 0 Å². The van der Waals surface area contributed by atoms with Crippen molar-refractivity contribution >= 4 is 43.5 Å². The Kier molecular flexibility index (Phi) is 5.24. The van der Waals surface area contributed by atoms with Crippen LogP contribution in [0.4, 0.5) is 0 Å². The van der Waals surface area contributed by atoms with Crippen molar-refractivity contribution < 1.29 is 13.7 Å². The molecule has 40 heavy (non-hydrogen) atoms. The fourth-order valence-corrected chi connectivity index (χ4v) is 6.76. The van der Waals surface area contributed by atoms with Gasteiger partial charge >= 0.3 is 0 Å². The lowest BCUT2D eigenvalue weighted by Crippen LogP contribution is -2.32. The van der Waals surface area contributed by atoms with E-state index in [0.717, 1.165) is 46.5 Å². The van der Waals surface area contributed by atoms with E-state index in [1.807, 2.05) is 0 Å². The molecule has 3 heteroatoms. The second-order valence-electron chi connectivity index (χ2n) is 14.2. The van der Waals surface area contributed by atoms with E-state index >= 15 is 0 Å². The molecule has 7 rings (SSSR count). The molecule has 0 aliphatic carbocycles. The Morgan fingerprint density at radius 3 is 2.25 bits per heavy atom. The van der Waals surface area contributed by atoms with Crippen LogP contribution in [0.15, 0.2) is 65.2 Å².